The lowest BCUT2D eigenvalue weighted by molar-refractivity contribution is 0.0475. The van der Waals surface area contributed by atoms with Crippen molar-refractivity contribution >= 4 is 38.2 Å². The van der Waals surface area contributed by atoms with Gasteiger partial charge in [0.15, 0.2) is 12.4 Å². The number of esters is 1. The van der Waals surface area contributed by atoms with Crippen LogP contribution < -0.4 is 4.31 Å². The molecule has 0 N–H and O–H groups in total. The van der Waals surface area contributed by atoms with Crippen LogP contribution in [0.2, 0.25) is 0 Å². The fourth-order valence-electron chi connectivity index (χ4n) is 2.66. The number of ketones is 1. The lowest BCUT2D eigenvalue weighted by atomic mass is 10.1. The highest BCUT2D eigenvalue weighted by Gasteiger charge is 2.15. The second-order valence-corrected chi connectivity index (χ2v) is 8.35. The molecule has 0 saturated heterocycles. The maximum absolute atomic E-state index is 12.3. The molecule has 0 radical (unpaired) electrons. The Kier molecular flexibility index (Phi) is 5.46. The van der Waals surface area contributed by atoms with E-state index in [1.165, 1.54) is 31.3 Å². The van der Waals surface area contributed by atoms with Crippen molar-refractivity contribution in [3.05, 3.63) is 77.9 Å². The first-order chi connectivity index (χ1) is 13.3. The van der Waals surface area contributed by atoms with E-state index in [2.05, 4.69) is 0 Å². The van der Waals surface area contributed by atoms with E-state index in [4.69, 9.17) is 4.74 Å². The number of anilines is 1. The number of Topliss-reactive ketones (excluding diaryl/α,β-unsaturated/α-hetero) is 1. The highest BCUT2D eigenvalue weighted by Crippen LogP contribution is 2.18. The highest BCUT2D eigenvalue weighted by atomic mass is 32.2. The SMILES string of the molecule is CN(c1ccc(C(=O)COC(=O)c2ccc3ccccc3c2)cc1)S(C)(=O)=O. The summed E-state index contributed by atoms with van der Waals surface area (Å²) in [6, 6.07) is 18.9. The first-order valence-electron chi connectivity index (χ1n) is 8.49. The highest BCUT2D eigenvalue weighted by molar-refractivity contribution is 7.92. The summed E-state index contributed by atoms with van der Waals surface area (Å²) in [4.78, 5) is 24.5. The number of nitrogens with zero attached hydrogens (tertiary/aromatic N) is 1. The summed E-state index contributed by atoms with van der Waals surface area (Å²) in [5, 5.41) is 1.92. The Bertz CT molecular complexity index is 1140. The van der Waals surface area contributed by atoms with Crippen molar-refractivity contribution in [2.24, 2.45) is 0 Å². The van der Waals surface area contributed by atoms with E-state index in [9.17, 15) is 18.0 Å². The topological polar surface area (TPSA) is 80.8 Å². The summed E-state index contributed by atoms with van der Waals surface area (Å²) in [6.45, 7) is -0.396. The molecule has 6 nitrogen and oxygen atoms in total. The van der Waals surface area contributed by atoms with E-state index >= 15 is 0 Å². The Morgan fingerprint density at radius 2 is 1.50 bits per heavy atom. The van der Waals surface area contributed by atoms with Gasteiger partial charge in [-0.3, -0.25) is 9.10 Å². The molecule has 3 aromatic carbocycles. The molecule has 0 unspecified atom stereocenters. The van der Waals surface area contributed by atoms with Crippen LogP contribution in [-0.2, 0) is 14.8 Å². The van der Waals surface area contributed by atoms with Crippen LogP contribution in [0.3, 0.4) is 0 Å². The number of rotatable bonds is 6. The van der Waals surface area contributed by atoms with Crippen molar-refractivity contribution in [2.45, 2.75) is 0 Å². The lowest BCUT2D eigenvalue weighted by Crippen LogP contribution is -2.24. The maximum atomic E-state index is 12.3. The molecule has 0 aliphatic rings. The number of sulfonamides is 1. The quantitative estimate of drug-likeness (QED) is 0.471. The molecule has 0 saturated carbocycles. The number of hydrogen-bond acceptors (Lipinski definition) is 5. The number of fused-ring (bicyclic) bond motifs is 1. The number of ether oxygens (including phenoxy) is 1. The molecule has 3 aromatic rings. The van der Waals surface area contributed by atoms with E-state index in [1.807, 2.05) is 30.3 Å². The van der Waals surface area contributed by atoms with Gasteiger partial charge in [-0.1, -0.05) is 30.3 Å². The Labute approximate surface area is 163 Å². The molecule has 7 heteroatoms. The molecule has 0 aliphatic carbocycles. The maximum Gasteiger partial charge on any atom is 0.338 e. The first kappa shape index (κ1) is 19.6. The zero-order chi connectivity index (χ0) is 20.3. The number of carbonyl (C=O) groups is 2. The summed E-state index contributed by atoms with van der Waals surface area (Å²) < 4.78 is 29.3. The average Bonchev–Trinajstić information content (AvgIpc) is 2.70. The Hall–Kier alpha value is -3.19. The van der Waals surface area contributed by atoms with Crippen molar-refractivity contribution < 1.29 is 22.7 Å². The third-order valence-electron chi connectivity index (χ3n) is 4.37. The van der Waals surface area contributed by atoms with Gasteiger partial charge in [-0.15, -0.1) is 0 Å². The zero-order valence-electron chi connectivity index (χ0n) is 15.5. The van der Waals surface area contributed by atoms with Gasteiger partial charge in [0.2, 0.25) is 10.0 Å². The minimum absolute atomic E-state index is 0.331. The van der Waals surface area contributed by atoms with Gasteiger partial charge in [0.1, 0.15) is 0 Å². The smallest absolute Gasteiger partial charge is 0.338 e. The summed E-state index contributed by atoms with van der Waals surface area (Å²) in [5.41, 5.74) is 1.14. The monoisotopic (exact) mass is 397 g/mol. The van der Waals surface area contributed by atoms with E-state index in [-0.39, 0.29) is 5.78 Å². The van der Waals surface area contributed by atoms with Gasteiger partial charge in [-0.2, -0.15) is 0 Å². The van der Waals surface area contributed by atoms with Gasteiger partial charge >= 0.3 is 5.97 Å². The van der Waals surface area contributed by atoms with Crippen LogP contribution in [0, 0.1) is 0 Å². The Morgan fingerprint density at radius 1 is 0.893 bits per heavy atom. The van der Waals surface area contributed by atoms with Crippen LogP contribution in [0.5, 0.6) is 0 Å². The number of carbonyl (C=O) groups excluding carboxylic acids is 2. The molecule has 0 amide bonds. The number of hydrogen-bond donors (Lipinski definition) is 0. The van der Waals surface area contributed by atoms with Crippen LogP contribution in [0.15, 0.2) is 66.7 Å². The molecule has 0 aliphatic heterocycles. The van der Waals surface area contributed by atoms with Gasteiger partial charge in [-0.05, 0) is 47.2 Å². The van der Waals surface area contributed by atoms with Crippen molar-refractivity contribution in [2.75, 3.05) is 24.2 Å². The molecule has 3 rings (SSSR count). The van der Waals surface area contributed by atoms with Crippen molar-refractivity contribution in [1.29, 1.82) is 0 Å². The van der Waals surface area contributed by atoms with Gasteiger partial charge < -0.3 is 4.74 Å². The van der Waals surface area contributed by atoms with Crippen LogP contribution in [-0.4, -0.2) is 40.1 Å². The predicted molar refractivity (Wildman–Crippen MR) is 108 cm³/mol. The molecule has 0 atom stereocenters. The van der Waals surface area contributed by atoms with Gasteiger partial charge in [-0.25, -0.2) is 13.2 Å². The molecular weight excluding hydrogens is 378 g/mol. The molecular formula is C21H19NO5S. The van der Waals surface area contributed by atoms with E-state index in [0.717, 1.165) is 21.3 Å². The fourth-order valence-corrected chi connectivity index (χ4v) is 3.17. The summed E-state index contributed by atoms with van der Waals surface area (Å²) in [5.74, 6) is -0.949. The van der Waals surface area contributed by atoms with Crippen LogP contribution in [0.4, 0.5) is 5.69 Å². The molecule has 0 fully saturated rings. The third-order valence-corrected chi connectivity index (χ3v) is 5.58. The van der Waals surface area contributed by atoms with E-state index in [0.29, 0.717) is 16.8 Å². The summed E-state index contributed by atoms with van der Waals surface area (Å²) in [7, 11) is -1.95. The van der Waals surface area contributed by atoms with Crippen LogP contribution in [0.1, 0.15) is 20.7 Å². The van der Waals surface area contributed by atoms with Gasteiger partial charge in [0.05, 0.1) is 17.5 Å². The summed E-state index contributed by atoms with van der Waals surface area (Å²) in [6.07, 6.45) is 1.10. The zero-order valence-corrected chi connectivity index (χ0v) is 16.3. The van der Waals surface area contributed by atoms with Crippen molar-refractivity contribution in [3.8, 4) is 0 Å². The molecule has 0 heterocycles. The van der Waals surface area contributed by atoms with Crippen LogP contribution >= 0.6 is 0 Å². The van der Waals surface area contributed by atoms with Crippen molar-refractivity contribution in [1.82, 2.24) is 0 Å². The number of benzene rings is 3. The molecule has 0 bridgehead atoms. The third kappa shape index (κ3) is 4.37. The summed E-state index contributed by atoms with van der Waals surface area (Å²) >= 11 is 0. The molecule has 144 valence electrons. The average molecular weight is 397 g/mol. The normalized spacial score (nSPS) is 11.2. The Balaban J connectivity index is 1.65. The molecule has 0 spiro atoms. The van der Waals surface area contributed by atoms with E-state index < -0.39 is 22.6 Å². The molecule has 28 heavy (non-hydrogen) atoms. The first-order valence-corrected chi connectivity index (χ1v) is 10.3. The minimum atomic E-state index is -3.38. The predicted octanol–water partition coefficient (Wildman–Crippen LogP) is 3.28. The van der Waals surface area contributed by atoms with Crippen molar-refractivity contribution in [3.63, 3.8) is 0 Å². The largest absolute Gasteiger partial charge is 0.454 e. The molecule has 0 aromatic heterocycles. The standard InChI is InChI=1S/C21H19NO5S/c1-22(28(2,25)26)19-11-9-16(10-12-19)20(23)14-27-21(24)18-8-7-15-5-3-4-6-17(15)13-18/h3-13H,14H2,1-2H3. The van der Waals surface area contributed by atoms with Crippen LogP contribution in [0.25, 0.3) is 10.8 Å². The minimum Gasteiger partial charge on any atom is -0.454 e. The fraction of sp³-hybridized carbons (Fsp3) is 0.143. The lowest BCUT2D eigenvalue weighted by Gasteiger charge is -2.16. The second kappa shape index (κ2) is 7.82. The van der Waals surface area contributed by atoms with E-state index in [1.54, 1.807) is 12.1 Å². The Morgan fingerprint density at radius 3 is 2.14 bits per heavy atom. The van der Waals surface area contributed by atoms with Gasteiger partial charge in [0.25, 0.3) is 0 Å². The van der Waals surface area contributed by atoms with Gasteiger partial charge in [0, 0.05) is 12.6 Å². The second-order valence-electron chi connectivity index (χ2n) is 6.34.